The largest absolute Gasteiger partial charge is 0.303 e. The zero-order chi connectivity index (χ0) is 57.6. The molecule has 2 saturated carbocycles. The maximum absolute atomic E-state index is 2.67. The van der Waals surface area contributed by atoms with Crippen LogP contribution in [0.1, 0.15) is 237 Å². The molecular formula is C71H145N5. The first-order chi connectivity index (χ1) is 35.4. The molecule has 0 aromatic heterocycles. The zero-order valence-electron chi connectivity index (χ0n) is 57.0. The molecule has 76 heavy (non-hydrogen) atoms. The minimum Gasteiger partial charge on any atom is -0.303 e. The van der Waals surface area contributed by atoms with Crippen molar-refractivity contribution in [2.75, 3.05) is 98.2 Å². The lowest BCUT2D eigenvalue weighted by atomic mass is 9.72. The third kappa shape index (κ3) is 28.7. The van der Waals surface area contributed by atoms with E-state index < -0.39 is 0 Å². The van der Waals surface area contributed by atoms with E-state index in [-0.39, 0.29) is 0 Å². The van der Waals surface area contributed by atoms with Gasteiger partial charge in [0, 0.05) is 65.4 Å². The molecule has 7 aliphatic rings. The highest BCUT2D eigenvalue weighted by Crippen LogP contribution is 2.55. The Morgan fingerprint density at radius 1 is 0.316 bits per heavy atom. The first kappa shape index (κ1) is 71.9. The molecule has 5 heteroatoms. The van der Waals surface area contributed by atoms with Crippen LogP contribution in [0.4, 0.5) is 0 Å². The van der Waals surface area contributed by atoms with Gasteiger partial charge in [-0.05, 0) is 208 Å². The SMILES string of the molecule is CC(C)CC1CCC(C(C)C)CC1.CC(C)CN1CC(C(C)C)C1.CC(C)CN1CC2C(C1)C2C(C)C.CC(C)CN1CCC(C(C)C)C1.CC(C)CN1CCC(C(C)C)CC1.CC(C)CN1CCC(C)(C(C)C)CC1. The van der Waals surface area contributed by atoms with E-state index in [0.717, 1.165) is 118 Å². The summed E-state index contributed by atoms with van der Waals surface area (Å²) in [6.45, 7) is 78.6. The van der Waals surface area contributed by atoms with E-state index in [2.05, 4.69) is 198 Å². The summed E-state index contributed by atoms with van der Waals surface area (Å²) in [6, 6.07) is 0. The maximum Gasteiger partial charge on any atom is 0.00246 e. The minimum atomic E-state index is 0.605. The van der Waals surface area contributed by atoms with E-state index in [1.807, 2.05) is 0 Å². The molecule has 5 aliphatic heterocycles. The van der Waals surface area contributed by atoms with Gasteiger partial charge in [-0.2, -0.15) is 0 Å². The van der Waals surface area contributed by atoms with Gasteiger partial charge < -0.3 is 24.5 Å². The van der Waals surface area contributed by atoms with Crippen LogP contribution in [0.15, 0.2) is 0 Å². The molecule has 5 heterocycles. The summed E-state index contributed by atoms with van der Waals surface area (Å²) in [7, 11) is 0. The molecule has 0 spiro atoms. The van der Waals surface area contributed by atoms with Gasteiger partial charge in [-0.3, -0.25) is 0 Å². The second-order valence-corrected chi connectivity index (χ2v) is 32.3. The summed E-state index contributed by atoms with van der Waals surface area (Å²) in [5.41, 5.74) is 0.605. The van der Waals surface area contributed by atoms with Crippen molar-refractivity contribution in [3.63, 3.8) is 0 Å². The van der Waals surface area contributed by atoms with Gasteiger partial charge in [0.05, 0.1) is 0 Å². The molecular weight excluding hydrogens is 923 g/mol. The van der Waals surface area contributed by atoms with Crippen LogP contribution in [0.2, 0.25) is 0 Å². The Bertz CT molecular complexity index is 1330. The van der Waals surface area contributed by atoms with E-state index in [0.29, 0.717) is 5.41 Å². The summed E-state index contributed by atoms with van der Waals surface area (Å²) in [5, 5.41) is 0. The van der Waals surface area contributed by atoms with E-state index in [1.165, 1.54) is 162 Å². The minimum absolute atomic E-state index is 0.605. The second kappa shape index (κ2) is 36.4. The van der Waals surface area contributed by atoms with Gasteiger partial charge in [-0.15, -0.1) is 0 Å². The predicted molar refractivity (Wildman–Crippen MR) is 342 cm³/mol. The van der Waals surface area contributed by atoms with Gasteiger partial charge in [0.1, 0.15) is 0 Å². The molecule has 7 rings (SSSR count). The van der Waals surface area contributed by atoms with Crippen LogP contribution in [0.25, 0.3) is 0 Å². The first-order valence-electron chi connectivity index (χ1n) is 34.0. The molecule has 0 bridgehead atoms. The first-order valence-corrected chi connectivity index (χ1v) is 34.0. The van der Waals surface area contributed by atoms with Gasteiger partial charge in [-0.1, -0.05) is 186 Å². The lowest BCUT2D eigenvalue weighted by molar-refractivity contribution is 0.0579. The Balaban J connectivity index is 0.000000312. The van der Waals surface area contributed by atoms with Crippen LogP contribution in [0, 0.1) is 124 Å². The smallest absolute Gasteiger partial charge is 0.00246 e. The van der Waals surface area contributed by atoms with Crippen molar-refractivity contribution in [2.24, 2.45) is 124 Å². The molecule has 0 N–H and O–H groups in total. The fourth-order valence-electron chi connectivity index (χ4n) is 14.5. The van der Waals surface area contributed by atoms with E-state index in [4.69, 9.17) is 0 Å². The number of hydrogen-bond acceptors (Lipinski definition) is 5. The van der Waals surface area contributed by atoms with Crippen molar-refractivity contribution < 1.29 is 0 Å². The van der Waals surface area contributed by atoms with Gasteiger partial charge >= 0.3 is 0 Å². The molecule has 7 fully saturated rings. The van der Waals surface area contributed by atoms with Crippen LogP contribution in [-0.2, 0) is 0 Å². The number of rotatable bonds is 18. The van der Waals surface area contributed by atoms with Crippen LogP contribution in [-0.4, -0.2) is 123 Å². The summed E-state index contributed by atoms with van der Waals surface area (Å²) in [4.78, 5) is 13.1. The Morgan fingerprint density at radius 3 is 1.00 bits per heavy atom. The van der Waals surface area contributed by atoms with Crippen molar-refractivity contribution in [3.05, 3.63) is 0 Å². The Morgan fingerprint density at radius 2 is 0.645 bits per heavy atom. The molecule has 0 aromatic carbocycles. The quantitative estimate of drug-likeness (QED) is 0.136. The number of nitrogens with zero attached hydrogens (tertiary/aromatic N) is 5. The summed E-state index contributed by atoms with van der Waals surface area (Å²) in [6.07, 6.45) is 14.5. The van der Waals surface area contributed by atoms with Crippen molar-refractivity contribution in [1.29, 1.82) is 0 Å². The highest BCUT2D eigenvalue weighted by Gasteiger charge is 2.56. The summed E-state index contributed by atoms with van der Waals surface area (Å²) >= 11 is 0. The van der Waals surface area contributed by atoms with Gasteiger partial charge in [0.15, 0.2) is 0 Å². The fraction of sp³-hybridized carbons (Fsp3) is 1.00. The predicted octanol–water partition coefficient (Wildman–Crippen LogP) is 18.2. The van der Waals surface area contributed by atoms with E-state index in [1.54, 1.807) is 0 Å². The standard InChI is InChI=1S/C13H27N.C13H26.C12H23N.C12H25N.C11H23N.C10H21N/c1-11(2)10-14-8-6-13(5,7-9-14)12(3)4;1-10(2)9-12-5-7-13(8-6-12)11(3)4;1-8(2)5-13-6-10-11(7-13)12(10)9(3)4;1-10(2)9-13-7-5-12(6-8-13)11(3)4;1-9(2)7-12-6-5-11(8-12)10(3)4;1-8(2)5-11-6-10(7-11)9(3)4/h11-12H,6-10H2,1-5H3;10-13H,5-9H2,1-4H3;8-12H,5-7H2,1-4H3;10-12H,5-9H2,1-4H3;9-11H,5-8H2,1-4H3;8-10H,5-7H2,1-4H3. The van der Waals surface area contributed by atoms with Crippen LogP contribution < -0.4 is 0 Å². The topological polar surface area (TPSA) is 16.2 Å². The van der Waals surface area contributed by atoms with Crippen LogP contribution >= 0.6 is 0 Å². The number of hydrogen-bond donors (Lipinski definition) is 0. The third-order valence-corrected chi connectivity index (χ3v) is 20.0. The zero-order valence-corrected chi connectivity index (χ0v) is 57.0. The molecule has 0 aromatic rings. The highest BCUT2D eigenvalue weighted by molar-refractivity contribution is 5.06. The highest BCUT2D eigenvalue weighted by atomic mass is 15.2. The van der Waals surface area contributed by atoms with E-state index in [9.17, 15) is 0 Å². The third-order valence-electron chi connectivity index (χ3n) is 20.0. The van der Waals surface area contributed by atoms with Gasteiger partial charge in [0.2, 0.25) is 0 Å². The molecule has 0 radical (unpaired) electrons. The van der Waals surface area contributed by atoms with Crippen molar-refractivity contribution in [1.82, 2.24) is 24.5 Å². The molecule has 3 unspecified atom stereocenters. The Kier molecular flexibility index (Phi) is 34.4. The average molecular weight is 1070 g/mol. The number of likely N-dealkylation sites (tertiary alicyclic amines) is 5. The van der Waals surface area contributed by atoms with Gasteiger partial charge in [-0.25, -0.2) is 0 Å². The lowest BCUT2D eigenvalue weighted by Gasteiger charge is -2.42. The molecule has 454 valence electrons. The number of fused-ring (bicyclic) bond motifs is 1. The molecule has 5 nitrogen and oxygen atoms in total. The average Bonchev–Trinajstić information content (AvgIpc) is 3.53. The second-order valence-electron chi connectivity index (χ2n) is 32.3. The summed E-state index contributed by atoms with van der Waals surface area (Å²) in [5.74, 6) is 18.6. The molecule has 0 amide bonds. The van der Waals surface area contributed by atoms with Crippen LogP contribution in [0.5, 0.6) is 0 Å². The Labute approximate surface area is 481 Å². The van der Waals surface area contributed by atoms with Crippen molar-refractivity contribution >= 4 is 0 Å². The van der Waals surface area contributed by atoms with E-state index >= 15 is 0 Å². The van der Waals surface area contributed by atoms with Crippen molar-refractivity contribution in [2.45, 2.75) is 237 Å². The normalized spacial score (nSPS) is 27.0. The summed E-state index contributed by atoms with van der Waals surface area (Å²) < 4.78 is 0. The molecule has 3 atom stereocenters. The Hall–Kier alpha value is -0.200. The lowest BCUT2D eigenvalue weighted by Crippen LogP contribution is -2.50. The van der Waals surface area contributed by atoms with Crippen molar-refractivity contribution in [3.8, 4) is 0 Å². The molecule has 5 saturated heterocycles. The van der Waals surface area contributed by atoms with Gasteiger partial charge in [0.25, 0.3) is 0 Å². The maximum atomic E-state index is 2.67. The molecule has 2 aliphatic carbocycles. The van der Waals surface area contributed by atoms with Crippen LogP contribution in [0.3, 0.4) is 0 Å². The number of piperidine rings is 3. The fourth-order valence-corrected chi connectivity index (χ4v) is 14.5. The monoisotopic (exact) mass is 1070 g/mol.